The fourth-order valence-electron chi connectivity index (χ4n) is 4.05. The number of ether oxygens (including phenoxy) is 4. The standard InChI is InChI=1S/C33H32ClNO6/c1-3-38-32(36)20-19-31(33(37)39-4-2)41-30-8-6-5-7-25(30)22-40-28-17-10-23(11-18-28)9-15-27-16-13-24-12-14-26(34)21-29(24)35-27/h5-18,21,31H,3-4,19-20,22H2,1-2H3/b15-9+. The Balaban J connectivity index is 1.38. The second-order valence-electron chi connectivity index (χ2n) is 9.07. The zero-order valence-corrected chi connectivity index (χ0v) is 23.8. The summed E-state index contributed by atoms with van der Waals surface area (Å²) in [4.78, 5) is 29.0. The molecule has 0 aliphatic rings. The van der Waals surface area contributed by atoms with E-state index in [1.807, 2.05) is 84.9 Å². The summed E-state index contributed by atoms with van der Waals surface area (Å²) in [6, 6.07) is 24.6. The molecule has 0 saturated heterocycles. The van der Waals surface area contributed by atoms with Crippen molar-refractivity contribution in [3.63, 3.8) is 0 Å². The Morgan fingerprint density at radius 1 is 0.902 bits per heavy atom. The quantitative estimate of drug-likeness (QED) is 0.155. The van der Waals surface area contributed by atoms with Crippen LogP contribution in [-0.4, -0.2) is 36.2 Å². The lowest BCUT2D eigenvalue weighted by molar-refractivity contribution is -0.152. The van der Waals surface area contributed by atoms with E-state index in [0.717, 1.165) is 27.7 Å². The molecule has 1 aromatic heterocycles. The smallest absolute Gasteiger partial charge is 0.347 e. The Kier molecular flexibility index (Phi) is 10.7. The van der Waals surface area contributed by atoms with Crippen molar-refractivity contribution in [1.82, 2.24) is 4.98 Å². The van der Waals surface area contributed by atoms with Crippen LogP contribution >= 0.6 is 11.6 Å². The van der Waals surface area contributed by atoms with Crippen molar-refractivity contribution in [2.75, 3.05) is 13.2 Å². The van der Waals surface area contributed by atoms with Crippen molar-refractivity contribution < 1.29 is 28.5 Å². The molecule has 0 amide bonds. The molecule has 0 N–H and O–H groups in total. The Labute approximate surface area is 244 Å². The van der Waals surface area contributed by atoms with Crippen LogP contribution in [0.2, 0.25) is 5.02 Å². The third kappa shape index (κ3) is 8.82. The molecule has 1 unspecified atom stereocenters. The number of carbonyl (C=O) groups excluding carboxylic acids is 2. The first-order valence-corrected chi connectivity index (χ1v) is 13.9. The van der Waals surface area contributed by atoms with E-state index >= 15 is 0 Å². The first-order chi connectivity index (χ1) is 19.9. The number of pyridine rings is 1. The minimum atomic E-state index is -0.944. The summed E-state index contributed by atoms with van der Waals surface area (Å²) in [5.41, 5.74) is 3.43. The third-order valence-corrected chi connectivity index (χ3v) is 6.34. The molecular weight excluding hydrogens is 542 g/mol. The molecule has 4 rings (SSSR count). The van der Waals surface area contributed by atoms with Crippen LogP contribution in [0.4, 0.5) is 0 Å². The zero-order valence-electron chi connectivity index (χ0n) is 23.0. The maximum absolute atomic E-state index is 12.5. The first kappa shape index (κ1) is 29.6. The number of rotatable bonds is 13. The van der Waals surface area contributed by atoms with Gasteiger partial charge in [-0.15, -0.1) is 0 Å². The van der Waals surface area contributed by atoms with Crippen LogP contribution in [-0.2, 0) is 25.7 Å². The van der Waals surface area contributed by atoms with E-state index in [-0.39, 0.29) is 32.7 Å². The van der Waals surface area contributed by atoms with E-state index in [4.69, 9.17) is 30.5 Å². The van der Waals surface area contributed by atoms with Crippen LogP contribution < -0.4 is 9.47 Å². The molecule has 8 heteroatoms. The van der Waals surface area contributed by atoms with Crippen molar-refractivity contribution in [1.29, 1.82) is 0 Å². The van der Waals surface area contributed by atoms with Crippen molar-refractivity contribution in [3.8, 4) is 11.5 Å². The third-order valence-electron chi connectivity index (χ3n) is 6.10. The SMILES string of the molecule is CCOC(=O)CCC(Oc1ccccc1COc1ccc(/C=C/c2ccc3ccc(Cl)cc3n2)cc1)C(=O)OCC. The predicted molar refractivity (Wildman–Crippen MR) is 160 cm³/mol. The maximum atomic E-state index is 12.5. The van der Waals surface area contributed by atoms with E-state index in [1.165, 1.54) is 0 Å². The van der Waals surface area contributed by atoms with E-state index in [1.54, 1.807) is 19.9 Å². The molecule has 41 heavy (non-hydrogen) atoms. The van der Waals surface area contributed by atoms with Gasteiger partial charge < -0.3 is 18.9 Å². The van der Waals surface area contributed by atoms with Gasteiger partial charge in [0.1, 0.15) is 18.1 Å². The van der Waals surface area contributed by atoms with E-state index in [9.17, 15) is 9.59 Å². The second kappa shape index (κ2) is 14.9. The Morgan fingerprint density at radius 2 is 1.66 bits per heavy atom. The molecule has 0 radical (unpaired) electrons. The monoisotopic (exact) mass is 573 g/mol. The minimum Gasteiger partial charge on any atom is -0.489 e. The van der Waals surface area contributed by atoms with Crippen LogP contribution in [0.3, 0.4) is 0 Å². The van der Waals surface area contributed by atoms with Gasteiger partial charge in [0.05, 0.1) is 24.4 Å². The van der Waals surface area contributed by atoms with Crippen LogP contribution in [0.15, 0.2) is 78.9 Å². The number of halogens is 1. The summed E-state index contributed by atoms with van der Waals surface area (Å²) in [6.45, 7) is 4.17. The number of hydrogen-bond acceptors (Lipinski definition) is 7. The van der Waals surface area contributed by atoms with Gasteiger partial charge in [0.2, 0.25) is 0 Å². The lowest BCUT2D eigenvalue weighted by Crippen LogP contribution is -2.30. The van der Waals surface area contributed by atoms with Gasteiger partial charge in [-0.2, -0.15) is 0 Å². The van der Waals surface area contributed by atoms with Crippen LogP contribution in [0.1, 0.15) is 43.5 Å². The van der Waals surface area contributed by atoms with Gasteiger partial charge in [-0.3, -0.25) is 4.79 Å². The molecule has 212 valence electrons. The number of esters is 2. The molecule has 0 fully saturated rings. The summed E-state index contributed by atoms with van der Waals surface area (Å²) >= 11 is 6.10. The summed E-state index contributed by atoms with van der Waals surface area (Å²) in [7, 11) is 0. The minimum absolute atomic E-state index is 0.0437. The van der Waals surface area contributed by atoms with Gasteiger partial charge in [0.15, 0.2) is 6.10 Å². The van der Waals surface area contributed by atoms with Gasteiger partial charge in [-0.25, -0.2) is 9.78 Å². The summed E-state index contributed by atoms with van der Waals surface area (Å²) in [6.07, 6.45) is 3.18. The highest BCUT2D eigenvalue weighted by atomic mass is 35.5. The molecule has 1 atom stereocenters. The number of nitrogens with zero attached hydrogens (tertiary/aromatic N) is 1. The molecule has 1 heterocycles. The largest absolute Gasteiger partial charge is 0.489 e. The molecule has 3 aromatic carbocycles. The number of aromatic nitrogens is 1. The van der Waals surface area contributed by atoms with E-state index in [2.05, 4.69) is 4.98 Å². The fourth-order valence-corrected chi connectivity index (χ4v) is 4.22. The number of carbonyl (C=O) groups is 2. The van der Waals surface area contributed by atoms with Crippen molar-refractivity contribution in [2.45, 2.75) is 39.4 Å². The van der Waals surface area contributed by atoms with Crippen LogP contribution in [0, 0.1) is 0 Å². The lowest BCUT2D eigenvalue weighted by atomic mass is 10.1. The molecule has 0 aliphatic heterocycles. The highest BCUT2D eigenvalue weighted by Gasteiger charge is 2.24. The van der Waals surface area contributed by atoms with Crippen LogP contribution in [0.5, 0.6) is 11.5 Å². The highest BCUT2D eigenvalue weighted by Crippen LogP contribution is 2.24. The normalized spacial score (nSPS) is 11.8. The van der Waals surface area contributed by atoms with E-state index in [0.29, 0.717) is 16.5 Å². The fraction of sp³-hybridized carbons (Fsp3) is 0.242. The molecular formula is C33H32ClNO6. The number of benzene rings is 3. The zero-order chi connectivity index (χ0) is 29.0. The average Bonchev–Trinajstić information content (AvgIpc) is 2.98. The number of fused-ring (bicyclic) bond motifs is 1. The van der Waals surface area contributed by atoms with Gasteiger partial charge >= 0.3 is 11.9 Å². The second-order valence-corrected chi connectivity index (χ2v) is 9.51. The topological polar surface area (TPSA) is 84.0 Å². The molecule has 0 bridgehead atoms. The van der Waals surface area contributed by atoms with Gasteiger partial charge in [-0.05, 0) is 61.9 Å². The predicted octanol–water partition coefficient (Wildman–Crippen LogP) is 7.29. The highest BCUT2D eigenvalue weighted by molar-refractivity contribution is 6.31. The van der Waals surface area contributed by atoms with Crippen LogP contribution in [0.25, 0.3) is 23.1 Å². The number of hydrogen-bond donors (Lipinski definition) is 0. The Hall–Kier alpha value is -4.36. The number of para-hydroxylation sites is 1. The Bertz CT molecular complexity index is 1500. The molecule has 0 aliphatic carbocycles. The van der Waals surface area contributed by atoms with Gasteiger partial charge in [-0.1, -0.05) is 60.1 Å². The summed E-state index contributed by atoms with van der Waals surface area (Å²) < 4.78 is 22.2. The van der Waals surface area contributed by atoms with Crippen molar-refractivity contribution >= 4 is 46.6 Å². The molecule has 0 spiro atoms. The van der Waals surface area contributed by atoms with E-state index < -0.39 is 18.0 Å². The molecule has 7 nitrogen and oxygen atoms in total. The summed E-state index contributed by atoms with van der Waals surface area (Å²) in [5.74, 6) is 0.246. The first-order valence-electron chi connectivity index (χ1n) is 13.5. The van der Waals surface area contributed by atoms with Gasteiger partial charge in [0.25, 0.3) is 0 Å². The van der Waals surface area contributed by atoms with Crippen molar-refractivity contribution in [2.24, 2.45) is 0 Å². The average molecular weight is 574 g/mol. The molecule has 4 aromatic rings. The van der Waals surface area contributed by atoms with Gasteiger partial charge in [0, 0.05) is 28.8 Å². The Morgan fingerprint density at radius 3 is 2.44 bits per heavy atom. The molecule has 0 saturated carbocycles. The van der Waals surface area contributed by atoms with Crippen molar-refractivity contribution in [3.05, 3.63) is 101 Å². The summed E-state index contributed by atoms with van der Waals surface area (Å²) in [5, 5.41) is 1.69. The maximum Gasteiger partial charge on any atom is 0.347 e. The lowest BCUT2D eigenvalue weighted by Gasteiger charge is -2.19.